The van der Waals surface area contributed by atoms with E-state index in [1.807, 2.05) is 26.8 Å². The quantitative estimate of drug-likeness (QED) is 0.742. The van der Waals surface area contributed by atoms with Gasteiger partial charge in [-0.2, -0.15) is 0 Å². The number of carbonyl (C=O) groups is 1. The number of oxazole rings is 1. The molecular formula is C14H13ClINO3. The summed E-state index contributed by atoms with van der Waals surface area (Å²) in [5, 5.41) is 9.80. The van der Waals surface area contributed by atoms with E-state index in [0.717, 1.165) is 3.57 Å². The van der Waals surface area contributed by atoms with Gasteiger partial charge in [0.1, 0.15) is 5.69 Å². The second kappa shape index (κ2) is 5.37. The van der Waals surface area contributed by atoms with Crippen molar-refractivity contribution >= 4 is 40.2 Å². The second-order valence-electron chi connectivity index (χ2n) is 5.38. The Morgan fingerprint density at radius 2 is 2.05 bits per heavy atom. The van der Waals surface area contributed by atoms with Gasteiger partial charge < -0.3 is 9.52 Å². The van der Waals surface area contributed by atoms with E-state index in [1.165, 1.54) is 0 Å². The van der Waals surface area contributed by atoms with Crippen LogP contribution in [0.1, 0.15) is 37.0 Å². The minimum absolute atomic E-state index is 0.122. The second-order valence-corrected chi connectivity index (χ2v) is 6.97. The maximum Gasteiger partial charge on any atom is 0.373 e. The zero-order chi connectivity index (χ0) is 15.1. The first-order chi connectivity index (χ1) is 9.20. The Labute approximate surface area is 135 Å². The van der Waals surface area contributed by atoms with Crippen molar-refractivity contribution in [2.45, 2.75) is 26.2 Å². The molecule has 2 aromatic rings. The zero-order valence-electron chi connectivity index (χ0n) is 11.2. The predicted molar refractivity (Wildman–Crippen MR) is 85.3 cm³/mol. The molecule has 0 fully saturated rings. The molecule has 6 heteroatoms. The molecule has 1 aromatic carbocycles. The largest absolute Gasteiger partial charge is 0.475 e. The minimum atomic E-state index is -1.12. The maximum absolute atomic E-state index is 11.3. The monoisotopic (exact) mass is 405 g/mol. The van der Waals surface area contributed by atoms with Crippen molar-refractivity contribution in [1.29, 1.82) is 0 Å². The summed E-state index contributed by atoms with van der Waals surface area (Å²) >= 11 is 8.11. The van der Waals surface area contributed by atoms with Crippen molar-refractivity contribution in [3.05, 3.63) is 38.2 Å². The van der Waals surface area contributed by atoms with Gasteiger partial charge in [0.15, 0.2) is 0 Å². The smallest absolute Gasteiger partial charge is 0.373 e. The van der Waals surface area contributed by atoms with E-state index in [1.54, 1.807) is 12.1 Å². The molecule has 0 aliphatic rings. The van der Waals surface area contributed by atoms with Crippen LogP contribution in [-0.4, -0.2) is 16.1 Å². The number of carboxylic acids is 1. The zero-order valence-corrected chi connectivity index (χ0v) is 14.1. The summed E-state index contributed by atoms with van der Waals surface area (Å²) in [6.07, 6.45) is 0. The van der Waals surface area contributed by atoms with Crippen LogP contribution in [0, 0.1) is 3.57 Å². The molecule has 0 amide bonds. The lowest BCUT2D eigenvalue weighted by molar-refractivity contribution is 0.0659. The fraction of sp³-hybridized carbons (Fsp3) is 0.286. The Morgan fingerprint density at radius 3 is 2.55 bits per heavy atom. The first kappa shape index (κ1) is 15.3. The molecule has 0 saturated carbocycles. The van der Waals surface area contributed by atoms with Crippen LogP contribution >= 0.6 is 34.2 Å². The number of rotatable bonds is 2. The number of hydrogen-bond donors (Lipinski definition) is 1. The SMILES string of the molecule is CC(C)(C)c1nc(-c2cc(Cl)ccc2I)oc1C(=O)O. The lowest BCUT2D eigenvalue weighted by atomic mass is 9.91. The van der Waals surface area contributed by atoms with Crippen LogP contribution in [0.3, 0.4) is 0 Å². The van der Waals surface area contributed by atoms with E-state index in [-0.39, 0.29) is 11.7 Å². The summed E-state index contributed by atoms with van der Waals surface area (Å²) in [6, 6.07) is 5.31. The summed E-state index contributed by atoms with van der Waals surface area (Å²) in [5.74, 6) is -0.965. The summed E-state index contributed by atoms with van der Waals surface area (Å²) in [7, 11) is 0. The molecule has 0 spiro atoms. The van der Waals surface area contributed by atoms with Crippen molar-refractivity contribution in [3.63, 3.8) is 0 Å². The summed E-state index contributed by atoms with van der Waals surface area (Å²) in [6.45, 7) is 5.68. The van der Waals surface area contributed by atoms with Crippen molar-refractivity contribution in [3.8, 4) is 11.5 Å². The standard InChI is InChI=1S/C14H13ClINO3/c1-14(2,3)11-10(13(18)19)20-12(17-11)8-6-7(15)4-5-9(8)16/h4-6H,1-3H3,(H,18,19). The van der Waals surface area contributed by atoms with E-state index < -0.39 is 11.4 Å². The van der Waals surface area contributed by atoms with Crippen molar-refractivity contribution in [2.24, 2.45) is 0 Å². The molecule has 1 aromatic heterocycles. The molecule has 0 saturated heterocycles. The summed E-state index contributed by atoms with van der Waals surface area (Å²) in [5.41, 5.74) is 0.700. The van der Waals surface area contributed by atoms with Crippen LogP contribution < -0.4 is 0 Å². The highest BCUT2D eigenvalue weighted by Crippen LogP contribution is 2.33. The fourth-order valence-corrected chi connectivity index (χ4v) is 2.49. The lowest BCUT2D eigenvalue weighted by Crippen LogP contribution is -2.16. The van der Waals surface area contributed by atoms with Crippen LogP contribution in [0.4, 0.5) is 0 Å². The number of halogens is 2. The highest BCUT2D eigenvalue weighted by Gasteiger charge is 2.29. The van der Waals surface area contributed by atoms with Crippen LogP contribution in [0.5, 0.6) is 0 Å². The Kier molecular flexibility index (Phi) is 4.11. The summed E-state index contributed by atoms with van der Waals surface area (Å²) in [4.78, 5) is 15.7. The van der Waals surface area contributed by atoms with Crippen LogP contribution in [0.25, 0.3) is 11.5 Å². The number of aromatic carboxylic acids is 1. The van der Waals surface area contributed by atoms with Crippen molar-refractivity contribution in [2.75, 3.05) is 0 Å². The molecule has 0 bridgehead atoms. The topological polar surface area (TPSA) is 63.3 Å². The van der Waals surface area contributed by atoms with Gasteiger partial charge in [-0.1, -0.05) is 32.4 Å². The lowest BCUT2D eigenvalue weighted by Gasteiger charge is -2.14. The van der Waals surface area contributed by atoms with E-state index in [9.17, 15) is 9.90 Å². The average Bonchev–Trinajstić information content (AvgIpc) is 2.77. The molecule has 4 nitrogen and oxygen atoms in total. The molecule has 1 N–H and O–H groups in total. The molecule has 106 valence electrons. The minimum Gasteiger partial charge on any atom is -0.475 e. The van der Waals surface area contributed by atoms with Gasteiger partial charge in [-0.15, -0.1) is 0 Å². The third-order valence-corrected chi connectivity index (χ3v) is 3.87. The molecule has 20 heavy (non-hydrogen) atoms. The van der Waals surface area contributed by atoms with Gasteiger partial charge in [0.25, 0.3) is 0 Å². The van der Waals surface area contributed by atoms with Crippen molar-refractivity contribution < 1.29 is 14.3 Å². The fourth-order valence-electron chi connectivity index (χ4n) is 1.75. The Balaban J connectivity index is 2.65. The van der Waals surface area contributed by atoms with E-state index in [2.05, 4.69) is 27.6 Å². The number of benzene rings is 1. The van der Waals surface area contributed by atoms with E-state index in [0.29, 0.717) is 16.3 Å². The van der Waals surface area contributed by atoms with Gasteiger partial charge in [0, 0.05) is 14.0 Å². The molecule has 1 heterocycles. The van der Waals surface area contributed by atoms with Gasteiger partial charge >= 0.3 is 5.97 Å². The maximum atomic E-state index is 11.3. The van der Waals surface area contributed by atoms with E-state index >= 15 is 0 Å². The highest BCUT2D eigenvalue weighted by molar-refractivity contribution is 14.1. The molecule has 0 unspecified atom stereocenters. The third kappa shape index (κ3) is 2.98. The van der Waals surface area contributed by atoms with E-state index in [4.69, 9.17) is 16.0 Å². The third-order valence-electron chi connectivity index (χ3n) is 2.69. The molecule has 0 aliphatic carbocycles. The summed E-state index contributed by atoms with van der Waals surface area (Å²) < 4.78 is 6.34. The molecule has 0 atom stereocenters. The Bertz CT molecular complexity index is 674. The first-order valence-electron chi connectivity index (χ1n) is 5.90. The van der Waals surface area contributed by atoms with Crippen molar-refractivity contribution in [1.82, 2.24) is 4.98 Å². The van der Waals surface area contributed by atoms with Gasteiger partial charge in [0.2, 0.25) is 11.7 Å². The number of nitrogens with zero attached hydrogens (tertiary/aromatic N) is 1. The average molecular weight is 406 g/mol. The van der Waals surface area contributed by atoms with Gasteiger partial charge in [-0.25, -0.2) is 9.78 Å². The van der Waals surface area contributed by atoms with Gasteiger partial charge in [0.05, 0.1) is 5.56 Å². The molecule has 0 aliphatic heterocycles. The van der Waals surface area contributed by atoms with Gasteiger partial charge in [-0.05, 0) is 40.8 Å². The van der Waals surface area contributed by atoms with Crippen LogP contribution in [-0.2, 0) is 5.41 Å². The van der Waals surface area contributed by atoms with Crippen LogP contribution in [0.2, 0.25) is 5.02 Å². The Hall–Kier alpha value is -1.08. The number of hydrogen-bond acceptors (Lipinski definition) is 3. The molecule has 2 rings (SSSR count). The Morgan fingerprint density at radius 1 is 1.40 bits per heavy atom. The normalized spacial score (nSPS) is 11.7. The molecular weight excluding hydrogens is 393 g/mol. The van der Waals surface area contributed by atoms with Crippen LogP contribution in [0.15, 0.2) is 22.6 Å². The first-order valence-corrected chi connectivity index (χ1v) is 7.36. The number of aromatic nitrogens is 1. The van der Waals surface area contributed by atoms with Gasteiger partial charge in [-0.3, -0.25) is 0 Å². The molecule has 0 radical (unpaired) electrons. The number of carboxylic acid groups (broad SMARTS) is 1. The highest BCUT2D eigenvalue weighted by atomic mass is 127. The predicted octanol–water partition coefficient (Wildman–Crippen LogP) is 4.60.